The third kappa shape index (κ3) is 5.02. The molecule has 1 amide bonds. The number of para-hydroxylation sites is 1. The van der Waals surface area contributed by atoms with E-state index in [2.05, 4.69) is 11.8 Å². The Morgan fingerprint density at radius 1 is 0.967 bits per heavy atom. The van der Waals surface area contributed by atoms with E-state index in [9.17, 15) is 13.2 Å². The van der Waals surface area contributed by atoms with Crippen LogP contribution in [0.25, 0.3) is 0 Å². The van der Waals surface area contributed by atoms with Gasteiger partial charge in [0.15, 0.2) is 0 Å². The van der Waals surface area contributed by atoms with E-state index < -0.39 is 10.0 Å². The van der Waals surface area contributed by atoms with Gasteiger partial charge >= 0.3 is 0 Å². The van der Waals surface area contributed by atoms with Gasteiger partial charge < -0.3 is 9.80 Å². The van der Waals surface area contributed by atoms with Crippen molar-refractivity contribution in [3.63, 3.8) is 0 Å². The molecule has 3 rings (SSSR count). The maximum atomic E-state index is 13.2. The van der Waals surface area contributed by atoms with Crippen molar-refractivity contribution in [3.8, 4) is 0 Å². The van der Waals surface area contributed by atoms with Crippen LogP contribution >= 0.6 is 0 Å². The zero-order valence-electron chi connectivity index (χ0n) is 17.8. The lowest BCUT2D eigenvalue weighted by Crippen LogP contribution is -2.48. The number of carbonyl (C=O) groups is 1. The van der Waals surface area contributed by atoms with Crippen LogP contribution in [-0.2, 0) is 10.0 Å². The predicted octanol–water partition coefficient (Wildman–Crippen LogP) is 3.46. The average molecular weight is 430 g/mol. The molecule has 1 aliphatic heterocycles. The molecule has 0 aromatic heterocycles. The number of nitrogens with zero attached hydrogens (tertiary/aromatic N) is 3. The zero-order chi connectivity index (χ0) is 21.6. The molecule has 2 aromatic carbocycles. The topological polar surface area (TPSA) is 60.9 Å². The van der Waals surface area contributed by atoms with Crippen LogP contribution in [0.3, 0.4) is 0 Å². The molecule has 0 N–H and O–H groups in total. The highest BCUT2D eigenvalue weighted by Gasteiger charge is 2.29. The van der Waals surface area contributed by atoms with E-state index in [0.29, 0.717) is 44.8 Å². The molecule has 0 atom stereocenters. The van der Waals surface area contributed by atoms with E-state index >= 15 is 0 Å². The van der Waals surface area contributed by atoms with Gasteiger partial charge in [-0.25, -0.2) is 8.42 Å². The lowest BCUT2D eigenvalue weighted by atomic mass is 10.2. The first-order chi connectivity index (χ1) is 14.5. The summed E-state index contributed by atoms with van der Waals surface area (Å²) in [5, 5.41) is 0. The van der Waals surface area contributed by atoms with Gasteiger partial charge in [0.2, 0.25) is 10.0 Å². The summed E-state index contributed by atoms with van der Waals surface area (Å²) < 4.78 is 27.9. The average Bonchev–Trinajstić information content (AvgIpc) is 2.80. The monoisotopic (exact) mass is 429 g/mol. The van der Waals surface area contributed by atoms with Crippen molar-refractivity contribution in [1.82, 2.24) is 9.21 Å². The fourth-order valence-electron chi connectivity index (χ4n) is 3.70. The number of rotatable bonds is 8. The second kappa shape index (κ2) is 10.1. The Hall–Kier alpha value is -2.38. The molecule has 0 unspecified atom stereocenters. The molecule has 0 radical (unpaired) electrons. The highest BCUT2D eigenvalue weighted by molar-refractivity contribution is 7.89. The summed E-state index contributed by atoms with van der Waals surface area (Å²) in [6.45, 7) is 7.45. The van der Waals surface area contributed by atoms with Crippen LogP contribution in [0.4, 0.5) is 5.69 Å². The van der Waals surface area contributed by atoms with E-state index in [0.717, 1.165) is 18.5 Å². The summed E-state index contributed by atoms with van der Waals surface area (Å²) in [5.41, 5.74) is 1.53. The second-order valence-corrected chi connectivity index (χ2v) is 9.43. The molecule has 0 aliphatic carbocycles. The highest BCUT2D eigenvalue weighted by Crippen LogP contribution is 2.22. The maximum Gasteiger partial charge on any atom is 0.253 e. The van der Waals surface area contributed by atoms with Crippen LogP contribution in [-0.4, -0.2) is 62.8 Å². The fraction of sp³-hybridized carbons (Fsp3) is 0.435. The summed E-state index contributed by atoms with van der Waals surface area (Å²) in [5.74, 6) is -0.114. The predicted molar refractivity (Wildman–Crippen MR) is 120 cm³/mol. The van der Waals surface area contributed by atoms with Gasteiger partial charge in [-0.3, -0.25) is 4.79 Å². The molecule has 1 aliphatic rings. The minimum Gasteiger partial charge on any atom is -0.369 e. The number of hydrogen-bond donors (Lipinski definition) is 0. The molecule has 7 heteroatoms. The number of hydrogen-bond acceptors (Lipinski definition) is 4. The van der Waals surface area contributed by atoms with Gasteiger partial charge in [0.05, 0.1) is 4.90 Å². The highest BCUT2D eigenvalue weighted by atomic mass is 32.2. The van der Waals surface area contributed by atoms with Gasteiger partial charge in [-0.2, -0.15) is 4.31 Å². The summed E-state index contributed by atoms with van der Waals surface area (Å²) in [6, 6.07) is 16.5. The number of benzene rings is 2. The minimum absolute atomic E-state index is 0.114. The van der Waals surface area contributed by atoms with E-state index in [4.69, 9.17) is 0 Å². The Morgan fingerprint density at radius 3 is 2.30 bits per heavy atom. The Balaban J connectivity index is 1.72. The van der Waals surface area contributed by atoms with Gasteiger partial charge in [0.25, 0.3) is 5.91 Å². The van der Waals surface area contributed by atoms with Gasteiger partial charge in [-0.15, -0.1) is 0 Å². The van der Waals surface area contributed by atoms with Crippen molar-refractivity contribution in [3.05, 3.63) is 60.2 Å². The third-order valence-corrected chi connectivity index (χ3v) is 7.42. The van der Waals surface area contributed by atoms with Crippen LogP contribution in [0.1, 0.15) is 37.0 Å². The zero-order valence-corrected chi connectivity index (χ0v) is 18.6. The number of anilines is 1. The van der Waals surface area contributed by atoms with Gasteiger partial charge in [-0.1, -0.05) is 37.6 Å². The molecular formula is C23H31N3O3S. The largest absolute Gasteiger partial charge is 0.369 e. The Labute approximate surface area is 180 Å². The van der Waals surface area contributed by atoms with E-state index in [1.54, 1.807) is 23.1 Å². The molecule has 30 heavy (non-hydrogen) atoms. The van der Waals surface area contributed by atoms with Crippen molar-refractivity contribution in [2.45, 2.75) is 31.6 Å². The first kappa shape index (κ1) is 22.3. The van der Waals surface area contributed by atoms with E-state index in [1.807, 2.05) is 37.3 Å². The number of sulfonamides is 1. The van der Waals surface area contributed by atoms with E-state index in [1.165, 1.54) is 10.4 Å². The molecule has 1 saturated heterocycles. The third-order valence-electron chi connectivity index (χ3n) is 5.53. The normalized spacial score (nSPS) is 15.2. The van der Waals surface area contributed by atoms with Gasteiger partial charge in [0.1, 0.15) is 0 Å². The van der Waals surface area contributed by atoms with Crippen LogP contribution in [0.5, 0.6) is 0 Å². The van der Waals surface area contributed by atoms with Crippen molar-refractivity contribution in [1.29, 1.82) is 0 Å². The van der Waals surface area contributed by atoms with Crippen LogP contribution in [0, 0.1) is 0 Å². The number of carbonyl (C=O) groups excluding carboxylic acids is 1. The van der Waals surface area contributed by atoms with Crippen molar-refractivity contribution in [2.75, 3.05) is 44.2 Å². The number of amides is 1. The SMILES string of the molecule is CCCCN(CC)C(=O)c1cccc(S(=O)(=O)N2CCN(c3ccccc3)CC2)c1. The van der Waals surface area contributed by atoms with E-state index in [-0.39, 0.29) is 10.8 Å². The Bertz CT molecular complexity index is 939. The van der Waals surface area contributed by atoms with Gasteiger partial charge in [0, 0.05) is 50.5 Å². The first-order valence-electron chi connectivity index (χ1n) is 10.7. The van der Waals surface area contributed by atoms with Crippen molar-refractivity contribution < 1.29 is 13.2 Å². The summed E-state index contributed by atoms with van der Waals surface area (Å²) in [4.78, 5) is 17.0. The molecule has 1 heterocycles. The molecule has 162 valence electrons. The fourth-order valence-corrected chi connectivity index (χ4v) is 5.17. The standard InChI is InChI=1S/C23H31N3O3S/c1-3-5-14-24(4-2)23(27)20-10-9-13-22(19-20)30(28,29)26-17-15-25(16-18-26)21-11-7-6-8-12-21/h6-13,19H,3-5,14-18H2,1-2H3. The summed E-state index contributed by atoms with van der Waals surface area (Å²) in [7, 11) is -3.64. The van der Waals surface area contributed by atoms with Crippen molar-refractivity contribution >= 4 is 21.6 Å². The minimum atomic E-state index is -3.64. The lowest BCUT2D eigenvalue weighted by Gasteiger charge is -2.35. The lowest BCUT2D eigenvalue weighted by molar-refractivity contribution is 0.0762. The van der Waals surface area contributed by atoms with Gasteiger partial charge in [-0.05, 0) is 43.7 Å². The molecule has 0 spiro atoms. The van der Waals surface area contributed by atoms with Crippen LogP contribution < -0.4 is 4.90 Å². The summed E-state index contributed by atoms with van der Waals surface area (Å²) in [6.07, 6.45) is 1.94. The molecule has 1 fully saturated rings. The Kier molecular flexibility index (Phi) is 7.50. The molecule has 6 nitrogen and oxygen atoms in total. The summed E-state index contributed by atoms with van der Waals surface area (Å²) >= 11 is 0. The number of unbranched alkanes of at least 4 members (excludes halogenated alkanes) is 1. The molecule has 0 saturated carbocycles. The first-order valence-corrected chi connectivity index (χ1v) is 12.1. The second-order valence-electron chi connectivity index (χ2n) is 7.49. The van der Waals surface area contributed by atoms with Crippen LogP contribution in [0.15, 0.2) is 59.5 Å². The molecule has 0 bridgehead atoms. The molecular weight excluding hydrogens is 398 g/mol. The molecule has 2 aromatic rings. The Morgan fingerprint density at radius 2 is 1.67 bits per heavy atom. The maximum absolute atomic E-state index is 13.2. The van der Waals surface area contributed by atoms with Crippen molar-refractivity contribution in [2.24, 2.45) is 0 Å². The quantitative estimate of drug-likeness (QED) is 0.645. The van der Waals surface area contributed by atoms with Crippen LogP contribution in [0.2, 0.25) is 0 Å². The number of piperazine rings is 1. The smallest absolute Gasteiger partial charge is 0.253 e.